The van der Waals surface area contributed by atoms with Gasteiger partial charge in [-0.2, -0.15) is 0 Å². The number of hydrogen-bond donors (Lipinski definition) is 1. The Morgan fingerprint density at radius 1 is 1.30 bits per heavy atom. The molecule has 4 rings (SSSR count). The predicted octanol–water partition coefficient (Wildman–Crippen LogP) is 5.12. The molecule has 0 radical (unpaired) electrons. The molecular weight excluding hydrogens is 280 g/mol. The highest BCUT2D eigenvalue weighted by molar-refractivity contribution is 5.50. The fourth-order valence-electron chi connectivity index (χ4n) is 4.92. The van der Waals surface area contributed by atoms with Gasteiger partial charge < -0.3 is 5.11 Å². The van der Waals surface area contributed by atoms with Gasteiger partial charge in [0.2, 0.25) is 0 Å². The molecule has 0 bridgehead atoms. The van der Waals surface area contributed by atoms with Gasteiger partial charge in [-0.1, -0.05) is 49.5 Å². The molecule has 1 N–H and O–H groups in total. The van der Waals surface area contributed by atoms with Crippen LogP contribution in [0.5, 0.6) is 5.75 Å². The number of rotatable bonds is 0. The van der Waals surface area contributed by atoms with E-state index in [1.807, 2.05) is 12.1 Å². The summed E-state index contributed by atoms with van der Waals surface area (Å²) in [6, 6.07) is 5.94. The zero-order valence-electron chi connectivity index (χ0n) is 14.0. The minimum Gasteiger partial charge on any atom is -0.508 e. The van der Waals surface area contributed by atoms with Crippen molar-refractivity contribution < 1.29 is 5.11 Å². The summed E-state index contributed by atoms with van der Waals surface area (Å²) in [5.74, 6) is 8.27. The monoisotopic (exact) mass is 304 g/mol. The first-order valence-corrected chi connectivity index (χ1v) is 8.84. The average Bonchev–Trinajstić information content (AvgIpc) is 2.89. The van der Waals surface area contributed by atoms with Crippen molar-refractivity contribution in [2.75, 3.05) is 0 Å². The highest BCUT2D eigenvalue weighted by atomic mass is 16.3. The molecule has 3 aliphatic rings. The van der Waals surface area contributed by atoms with Crippen LogP contribution in [0.15, 0.2) is 41.5 Å². The minimum absolute atomic E-state index is 0.235. The molecule has 23 heavy (non-hydrogen) atoms. The summed E-state index contributed by atoms with van der Waals surface area (Å²) in [6.45, 7) is 4.54. The highest BCUT2D eigenvalue weighted by Gasteiger charge is 2.48. The van der Waals surface area contributed by atoms with Crippen LogP contribution in [-0.2, 0) is 6.42 Å². The van der Waals surface area contributed by atoms with Crippen LogP contribution >= 0.6 is 0 Å². The van der Waals surface area contributed by atoms with Gasteiger partial charge >= 0.3 is 0 Å². The Morgan fingerprint density at radius 2 is 2.17 bits per heavy atom. The van der Waals surface area contributed by atoms with Crippen LogP contribution in [-0.4, -0.2) is 5.11 Å². The molecule has 0 unspecified atom stereocenters. The van der Waals surface area contributed by atoms with E-state index >= 15 is 0 Å². The van der Waals surface area contributed by atoms with Crippen molar-refractivity contribution in [2.24, 2.45) is 11.3 Å². The van der Waals surface area contributed by atoms with Crippen molar-refractivity contribution in [3.05, 3.63) is 52.6 Å². The van der Waals surface area contributed by atoms with E-state index in [0.29, 0.717) is 17.6 Å². The van der Waals surface area contributed by atoms with Crippen molar-refractivity contribution in [3.63, 3.8) is 0 Å². The fraction of sp³-hybridized carbons (Fsp3) is 0.455. The number of aromatic hydroxyl groups is 1. The van der Waals surface area contributed by atoms with Crippen molar-refractivity contribution in [3.8, 4) is 17.6 Å². The second-order valence-electron chi connectivity index (χ2n) is 7.36. The Balaban J connectivity index is 1.69. The molecule has 0 amide bonds. The average molecular weight is 304 g/mol. The van der Waals surface area contributed by atoms with Crippen LogP contribution in [0.4, 0.5) is 0 Å². The lowest BCUT2D eigenvalue weighted by molar-refractivity contribution is 0.224. The highest BCUT2D eigenvalue weighted by Crippen LogP contribution is 2.59. The standard InChI is InChI=1S/C22H24O/c1-3-4-5-16-7-11-21-20-9-6-15-14-17(23)8-10-18(15)19(20)12-13-22(16,21)2/h7-10,14,19,21,23H,3,6,11-13H2,1-2H3/t19-,21+,22-/m1/s1. The molecule has 1 saturated carbocycles. The summed E-state index contributed by atoms with van der Waals surface area (Å²) in [4.78, 5) is 0. The number of phenolic OH excluding ortho intramolecular Hbond substituents is 1. The summed E-state index contributed by atoms with van der Waals surface area (Å²) in [5, 5.41) is 9.75. The van der Waals surface area contributed by atoms with E-state index in [1.165, 1.54) is 29.5 Å². The van der Waals surface area contributed by atoms with Gasteiger partial charge in [-0.3, -0.25) is 0 Å². The first-order valence-electron chi connectivity index (χ1n) is 8.84. The second kappa shape index (κ2) is 5.31. The molecule has 3 aliphatic carbocycles. The number of phenols is 1. The van der Waals surface area contributed by atoms with Crippen molar-refractivity contribution >= 4 is 0 Å². The van der Waals surface area contributed by atoms with Gasteiger partial charge in [-0.15, -0.1) is 0 Å². The van der Waals surface area contributed by atoms with Crippen LogP contribution < -0.4 is 0 Å². The van der Waals surface area contributed by atoms with Crippen LogP contribution in [0, 0.1) is 23.2 Å². The lowest BCUT2D eigenvalue weighted by Gasteiger charge is -2.45. The Morgan fingerprint density at radius 3 is 3.00 bits per heavy atom. The maximum absolute atomic E-state index is 9.75. The molecule has 3 atom stereocenters. The van der Waals surface area contributed by atoms with Gasteiger partial charge in [0.25, 0.3) is 0 Å². The van der Waals surface area contributed by atoms with Gasteiger partial charge in [0, 0.05) is 23.3 Å². The Bertz CT molecular complexity index is 771. The van der Waals surface area contributed by atoms with Gasteiger partial charge in [0.05, 0.1) is 0 Å². The Hall–Kier alpha value is -1.94. The third kappa shape index (κ3) is 2.16. The van der Waals surface area contributed by atoms with Crippen LogP contribution in [0.3, 0.4) is 0 Å². The molecule has 1 nitrogen and oxygen atoms in total. The number of benzene rings is 1. The van der Waals surface area contributed by atoms with E-state index < -0.39 is 0 Å². The van der Waals surface area contributed by atoms with Crippen molar-refractivity contribution in [2.45, 2.75) is 51.9 Å². The SMILES string of the molecule is CCC#CC1=CC[C@H]2C3=CCc4cc(O)ccc4[C@H]3CC[C@]12C. The molecule has 1 aromatic rings. The quantitative estimate of drug-likeness (QED) is 0.521. The molecule has 0 heterocycles. The molecule has 118 valence electrons. The molecule has 0 spiro atoms. The first kappa shape index (κ1) is 14.6. The fourth-order valence-corrected chi connectivity index (χ4v) is 4.92. The van der Waals surface area contributed by atoms with E-state index in [4.69, 9.17) is 0 Å². The van der Waals surface area contributed by atoms with Gasteiger partial charge in [0.1, 0.15) is 5.75 Å². The summed E-state index contributed by atoms with van der Waals surface area (Å²) in [6.07, 6.45) is 10.3. The molecule has 1 heteroatoms. The zero-order valence-corrected chi connectivity index (χ0v) is 14.0. The largest absolute Gasteiger partial charge is 0.508 e. The molecule has 0 saturated heterocycles. The van der Waals surface area contributed by atoms with E-state index in [1.54, 1.807) is 5.57 Å². The predicted molar refractivity (Wildman–Crippen MR) is 94.2 cm³/mol. The van der Waals surface area contributed by atoms with Crippen molar-refractivity contribution in [1.29, 1.82) is 0 Å². The lowest BCUT2D eigenvalue weighted by Crippen LogP contribution is -2.35. The molecular formula is C22H24O. The molecule has 1 fully saturated rings. The summed E-state index contributed by atoms with van der Waals surface area (Å²) < 4.78 is 0. The lowest BCUT2D eigenvalue weighted by atomic mass is 9.58. The second-order valence-corrected chi connectivity index (χ2v) is 7.36. The summed E-state index contributed by atoms with van der Waals surface area (Å²) >= 11 is 0. The third-order valence-corrected chi connectivity index (χ3v) is 6.16. The normalized spacial score (nSPS) is 31.0. The molecule has 1 aromatic carbocycles. The molecule has 0 aromatic heterocycles. The number of hydrogen-bond acceptors (Lipinski definition) is 1. The maximum Gasteiger partial charge on any atom is 0.115 e. The Kier molecular flexibility index (Phi) is 3.38. The summed E-state index contributed by atoms with van der Waals surface area (Å²) in [7, 11) is 0. The minimum atomic E-state index is 0.235. The Labute approximate surface area is 139 Å². The van der Waals surface area contributed by atoms with Gasteiger partial charge in [-0.05, 0) is 54.9 Å². The smallest absolute Gasteiger partial charge is 0.115 e. The summed E-state index contributed by atoms with van der Waals surface area (Å²) in [5.41, 5.74) is 5.98. The number of allylic oxidation sites excluding steroid dienone is 4. The zero-order chi connectivity index (χ0) is 16.0. The van der Waals surface area contributed by atoms with E-state index in [9.17, 15) is 5.11 Å². The van der Waals surface area contributed by atoms with E-state index in [0.717, 1.165) is 19.3 Å². The maximum atomic E-state index is 9.75. The van der Waals surface area contributed by atoms with Crippen molar-refractivity contribution in [1.82, 2.24) is 0 Å². The van der Waals surface area contributed by atoms with Gasteiger partial charge in [0.15, 0.2) is 0 Å². The topological polar surface area (TPSA) is 20.2 Å². The van der Waals surface area contributed by atoms with Crippen LogP contribution in [0.1, 0.15) is 56.6 Å². The van der Waals surface area contributed by atoms with Crippen LogP contribution in [0.2, 0.25) is 0 Å². The van der Waals surface area contributed by atoms with Gasteiger partial charge in [-0.25, -0.2) is 0 Å². The van der Waals surface area contributed by atoms with E-state index in [2.05, 4.69) is 43.9 Å². The van der Waals surface area contributed by atoms with E-state index in [-0.39, 0.29) is 5.41 Å². The first-order chi connectivity index (χ1) is 11.1. The van der Waals surface area contributed by atoms with Crippen LogP contribution in [0.25, 0.3) is 0 Å². The number of fused-ring (bicyclic) bond motifs is 5. The third-order valence-electron chi connectivity index (χ3n) is 6.16. The molecule has 0 aliphatic heterocycles.